The topological polar surface area (TPSA) is 54.7 Å². The van der Waals surface area contributed by atoms with Crippen LogP contribution in [0.25, 0.3) is 0 Å². The Labute approximate surface area is 64.6 Å². The van der Waals surface area contributed by atoms with Crippen molar-refractivity contribution >= 4 is 11.6 Å². The third kappa shape index (κ3) is 1.72. The highest BCUT2D eigenvalue weighted by Gasteiger charge is 1.99. The van der Waals surface area contributed by atoms with Crippen molar-refractivity contribution in [3.8, 4) is 0 Å². The Hall–Kier alpha value is -0.540. The molecule has 0 bridgehead atoms. The van der Waals surface area contributed by atoms with Crippen LogP contribution in [0.4, 0.5) is 0 Å². The van der Waals surface area contributed by atoms with Crippen molar-refractivity contribution in [3.05, 3.63) is 16.9 Å². The van der Waals surface area contributed by atoms with Crippen LogP contribution in [0.2, 0.25) is 5.02 Å². The van der Waals surface area contributed by atoms with Crippen molar-refractivity contribution in [2.45, 2.75) is 12.8 Å². The molecule has 0 fully saturated rings. The van der Waals surface area contributed by atoms with Crippen LogP contribution < -0.4 is 5.73 Å². The number of nitrogens with zero attached hydrogens (tertiary/aromatic N) is 1. The van der Waals surface area contributed by atoms with Crippen LogP contribution in [-0.2, 0) is 6.42 Å². The molecule has 0 aromatic carbocycles. The van der Waals surface area contributed by atoms with Gasteiger partial charge in [0.2, 0.25) is 0 Å². The van der Waals surface area contributed by atoms with Gasteiger partial charge in [0.25, 0.3) is 0 Å². The van der Waals surface area contributed by atoms with Crippen molar-refractivity contribution in [3.63, 3.8) is 0 Å². The number of aromatic nitrogens is 2. The van der Waals surface area contributed by atoms with E-state index in [1.807, 2.05) is 0 Å². The molecule has 0 aliphatic rings. The molecule has 3 nitrogen and oxygen atoms in total. The van der Waals surface area contributed by atoms with Gasteiger partial charge in [-0.2, -0.15) is 5.10 Å². The first-order valence-corrected chi connectivity index (χ1v) is 3.60. The minimum atomic E-state index is 0.690. The van der Waals surface area contributed by atoms with Crippen LogP contribution in [0.5, 0.6) is 0 Å². The average Bonchev–Trinajstić information content (AvgIpc) is 2.31. The third-order valence-corrected chi connectivity index (χ3v) is 1.62. The van der Waals surface area contributed by atoms with E-state index < -0.39 is 0 Å². The SMILES string of the molecule is NCCCc1[nH]ncc1Cl. The van der Waals surface area contributed by atoms with E-state index in [-0.39, 0.29) is 0 Å². The van der Waals surface area contributed by atoms with Gasteiger partial charge < -0.3 is 5.73 Å². The minimum absolute atomic E-state index is 0.690. The van der Waals surface area contributed by atoms with E-state index in [0.29, 0.717) is 11.6 Å². The average molecular weight is 160 g/mol. The lowest BCUT2D eigenvalue weighted by atomic mass is 10.2. The number of nitrogens with one attached hydrogen (secondary N) is 1. The van der Waals surface area contributed by atoms with E-state index in [1.54, 1.807) is 6.20 Å². The fourth-order valence-electron chi connectivity index (χ4n) is 0.752. The second kappa shape index (κ2) is 3.58. The number of aromatic amines is 1. The van der Waals surface area contributed by atoms with E-state index in [2.05, 4.69) is 10.2 Å². The molecule has 0 radical (unpaired) electrons. The van der Waals surface area contributed by atoms with Gasteiger partial charge in [0.1, 0.15) is 0 Å². The molecule has 0 saturated carbocycles. The molecule has 4 heteroatoms. The molecule has 0 atom stereocenters. The maximum absolute atomic E-state index is 5.74. The lowest BCUT2D eigenvalue weighted by Crippen LogP contribution is -2.00. The van der Waals surface area contributed by atoms with Crippen molar-refractivity contribution in [1.29, 1.82) is 0 Å². The fourth-order valence-corrected chi connectivity index (χ4v) is 0.938. The van der Waals surface area contributed by atoms with Gasteiger partial charge in [0.15, 0.2) is 0 Å². The van der Waals surface area contributed by atoms with Crippen LogP contribution in [0, 0.1) is 0 Å². The number of rotatable bonds is 3. The monoisotopic (exact) mass is 159 g/mol. The third-order valence-electron chi connectivity index (χ3n) is 1.30. The van der Waals surface area contributed by atoms with Crippen LogP contribution in [0.1, 0.15) is 12.1 Å². The van der Waals surface area contributed by atoms with Gasteiger partial charge >= 0.3 is 0 Å². The van der Waals surface area contributed by atoms with Crippen LogP contribution in [-0.4, -0.2) is 16.7 Å². The Morgan fingerprint density at radius 2 is 2.50 bits per heavy atom. The molecular formula is C6H10ClN3. The molecule has 56 valence electrons. The van der Waals surface area contributed by atoms with Gasteiger partial charge in [-0.25, -0.2) is 0 Å². The normalized spacial score (nSPS) is 10.2. The van der Waals surface area contributed by atoms with Crippen LogP contribution in [0.3, 0.4) is 0 Å². The largest absolute Gasteiger partial charge is 0.330 e. The molecular weight excluding hydrogens is 150 g/mol. The zero-order chi connectivity index (χ0) is 7.40. The molecule has 0 amide bonds. The summed E-state index contributed by atoms with van der Waals surface area (Å²) >= 11 is 5.74. The number of hydrogen-bond donors (Lipinski definition) is 2. The first-order chi connectivity index (χ1) is 4.84. The molecule has 0 aliphatic heterocycles. The van der Waals surface area contributed by atoms with Gasteiger partial charge in [0.05, 0.1) is 16.9 Å². The van der Waals surface area contributed by atoms with E-state index in [4.69, 9.17) is 17.3 Å². The molecule has 10 heavy (non-hydrogen) atoms. The highest BCUT2D eigenvalue weighted by Crippen LogP contribution is 2.12. The molecule has 0 spiro atoms. The Morgan fingerprint density at radius 3 is 3.00 bits per heavy atom. The number of halogens is 1. The molecule has 1 heterocycles. The summed E-state index contributed by atoms with van der Waals surface area (Å²) in [5.74, 6) is 0. The highest BCUT2D eigenvalue weighted by atomic mass is 35.5. The molecule has 3 N–H and O–H groups in total. The lowest BCUT2D eigenvalue weighted by Gasteiger charge is -1.93. The smallest absolute Gasteiger partial charge is 0.0815 e. The summed E-state index contributed by atoms with van der Waals surface area (Å²) in [5, 5.41) is 7.28. The molecule has 0 unspecified atom stereocenters. The van der Waals surface area contributed by atoms with Gasteiger partial charge in [-0.3, -0.25) is 5.10 Å². The summed E-state index contributed by atoms with van der Waals surface area (Å²) in [6.07, 6.45) is 3.44. The van der Waals surface area contributed by atoms with E-state index in [9.17, 15) is 0 Å². The number of aryl methyl sites for hydroxylation is 1. The van der Waals surface area contributed by atoms with Gasteiger partial charge in [-0.1, -0.05) is 11.6 Å². The van der Waals surface area contributed by atoms with E-state index in [0.717, 1.165) is 18.5 Å². The first kappa shape index (κ1) is 7.57. The summed E-state index contributed by atoms with van der Waals surface area (Å²) in [6.45, 7) is 0.690. The maximum Gasteiger partial charge on any atom is 0.0815 e. The molecule has 1 aromatic rings. The summed E-state index contributed by atoms with van der Waals surface area (Å²) in [5.41, 5.74) is 6.30. The number of H-pyrrole nitrogens is 1. The Morgan fingerprint density at radius 1 is 1.70 bits per heavy atom. The molecule has 1 rings (SSSR count). The second-order valence-electron chi connectivity index (χ2n) is 2.09. The van der Waals surface area contributed by atoms with Crippen molar-refractivity contribution in [2.75, 3.05) is 6.54 Å². The van der Waals surface area contributed by atoms with Crippen molar-refractivity contribution in [2.24, 2.45) is 5.73 Å². The minimum Gasteiger partial charge on any atom is -0.330 e. The van der Waals surface area contributed by atoms with E-state index >= 15 is 0 Å². The summed E-state index contributed by atoms with van der Waals surface area (Å²) in [4.78, 5) is 0. The second-order valence-corrected chi connectivity index (χ2v) is 2.50. The summed E-state index contributed by atoms with van der Waals surface area (Å²) in [7, 11) is 0. The van der Waals surface area contributed by atoms with Crippen molar-refractivity contribution in [1.82, 2.24) is 10.2 Å². The lowest BCUT2D eigenvalue weighted by molar-refractivity contribution is 0.804. The van der Waals surface area contributed by atoms with E-state index in [1.165, 1.54) is 0 Å². The van der Waals surface area contributed by atoms with Crippen LogP contribution in [0.15, 0.2) is 6.20 Å². The van der Waals surface area contributed by atoms with Gasteiger partial charge in [-0.15, -0.1) is 0 Å². The van der Waals surface area contributed by atoms with Gasteiger partial charge in [0, 0.05) is 0 Å². The summed E-state index contributed by atoms with van der Waals surface area (Å²) in [6, 6.07) is 0. The van der Waals surface area contributed by atoms with Crippen molar-refractivity contribution < 1.29 is 0 Å². The molecule has 0 aliphatic carbocycles. The number of nitrogens with two attached hydrogens (primary N) is 1. The highest BCUT2D eigenvalue weighted by molar-refractivity contribution is 6.31. The zero-order valence-corrected chi connectivity index (χ0v) is 6.36. The van der Waals surface area contributed by atoms with Gasteiger partial charge in [-0.05, 0) is 19.4 Å². The Balaban J connectivity index is 2.49. The zero-order valence-electron chi connectivity index (χ0n) is 5.60. The Kier molecular flexibility index (Phi) is 2.71. The summed E-state index contributed by atoms with van der Waals surface area (Å²) < 4.78 is 0. The predicted octanol–water partition coefficient (Wildman–Crippen LogP) is 0.954. The predicted molar refractivity (Wildman–Crippen MR) is 41.0 cm³/mol. The Bertz CT molecular complexity index is 197. The number of hydrogen-bond acceptors (Lipinski definition) is 2. The standard InChI is InChI=1S/C6H10ClN3/c7-5-4-9-10-6(5)2-1-3-8/h4H,1-3,8H2,(H,9,10). The van der Waals surface area contributed by atoms with Crippen LogP contribution >= 0.6 is 11.6 Å². The first-order valence-electron chi connectivity index (χ1n) is 3.22. The maximum atomic E-state index is 5.74. The fraction of sp³-hybridized carbons (Fsp3) is 0.500. The quantitative estimate of drug-likeness (QED) is 0.690. The molecule has 1 aromatic heterocycles. The molecule has 0 saturated heterocycles.